The van der Waals surface area contributed by atoms with Gasteiger partial charge in [0.05, 0.1) is 0 Å². The van der Waals surface area contributed by atoms with Gasteiger partial charge in [0.1, 0.15) is 5.57 Å². The SMILES string of the molecule is CCCCN1C(=O)C(=C2/C(=C/C=C3/N(C(C)CC)c4ccccc4C3(C)C)CC/C2=C\C=C2\N(C(C)CC)c3ccccc3C2(C)C)C(=O)N(C(C)C)C1=O. The molecule has 0 radical (unpaired) electrons. The van der Waals surface area contributed by atoms with E-state index in [1.807, 2.05) is 20.8 Å². The van der Waals surface area contributed by atoms with Gasteiger partial charge in [-0.2, -0.15) is 0 Å². The summed E-state index contributed by atoms with van der Waals surface area (Å²) in [6, 6.07) is 16.9. The Hall–Kier alpha value is -4.65. The van der Waals surface area contributed by atoms with Crippen LogP contribution in [0.1, 0.15) is 126 Å². The van der Waals surface area contributed by atoms with E-state index in [0.29, 0.717) is 24.8 Å². The highest BCUT2D eigenvalue weighted by Gasteiger charge is 2.47. The van der Waals surface area contributed by atoms with E-state index in [1.54, 1.807) is 0 Å². The Morgan fingerprint density at radius 3 is 1.49 bits per heavy atom. The summed E-state index contributed by atoms with van der Waals surface area (Å²) >= 11 is 0. The van der Waals surface area contributed by atoms with Crippen LogP contribution in [0.5, 0.6) is 0 Å². The summed E-state index contributed by atoms with van der Waals surface area (Å²) in [7, 11) is 0. The number of carbonyl (C=O) groups is 3. The van der Waals surface area contributed by atoms with Crippen LogP contribution < -0.4 is 9.80 Å². The number of fused-ring (bicyclic) bond motifs is 2. The molecule has 2 atom stereocenters. The Bertz CT molecular complexity index is 1920. The molecule has 7 nitrogen and oxygen atoms in total. The average Bonchev–Trinajstić information content (AvgIpc) is 3.73. The number of rotatable bonds is 10. The minimum absolute atomic E-state index is 0.108. The Kier molecular flexibility index (Phi) is 11.3. The van der Waals surface area contributed by atoms with Crippen LogP contribution in [0.15, 0.2) is 107 Å². The summed E-state index contributed by atoms with van der Waals surface area (Å²) in [5.74, 6) is -0.990. The number of hydrogen-bond donors (Lipinski definition) is 0. The van der Waals surface area contributed by atoms with E-state index in [2.05, 4.69) is 138 Å². The van der Waals surface area contributed by atoms with Gasteiger partial charge in [-0.25, -0.2) is 4.79 Å². The van der Waals surface area contributed by atoms with Crippen molar-refractivity contribution in [1.29, 1.82) is 0 Å². The topological polar surface area (TPSA) is 64.2 Å². The Balaban J connectivity index is 1.57. The van der Waals surface area contributed by atoms with E-state index in [4.69, 9.17) is 0 Å². The third-order valence-electron chi connectivity index (χ3n) is 12.6. The molecule has 0 bridgehead atoms. The van der Waals surface area contributed by atoms with Crippen molar-refractivity contribution in [2.75, 3.05) is 16.3 Å². The van der Waals surface area contributed by atoms with E-state index < -0.39 is 23.9 Å². The monoisotopic (exact) mass is 742 g/mol. The normalized spacial score (nSPS) is 23.4. The molecule has 4 aliphatic rings. The number of barbiturate groups is 1. The second-order valence-electron chi connectivity index (χ2n) is 17.1. The predicted molar refractivity (Wildman–Crippen MR) is 226 cm³/mol. The lowest BCUT2D eigenvalue weighted by Gasteiger charge is -2.37. The van der Waals surface area contributed by atoms with E-state index in [9.17, 15) is 14.4 Å². The third-order valence-corrected chi connectivity index (χ3v) is 12.6. The Morgan fingerprint density at radius 2 is 1.07 bits per heavy atom. The molecule has 0 spiro atoms. The Labute approximate surface area is 330 Å². The van der Waals surface area contributed by atoms with Crippen LogP contribution in [-0.4, -0.2) is 52.3 Å². The fraction of sp³-hybridized carbons (Fsp3) is 0.479. The number of para-hydroxylation sites is 2. The van der Waals surface area contributed by atoms with Crippen molar-refractivity contribution in [2.45, 2.75) is 144 Å². The molecule has 1 aliphatic carbocycles. The first-order valence-corrected chi connectivity index (χ1v) is 20.7. The Morgan fingerprint density at radius 1 is 0.618 bits per heavy atom. The van der Waals surface area contributed by atoms with E-state index >= 15 is 0 Å². The maximum absolute atomic E-state index is 14.6. The first-order valence-electron chi connectivity index (χ1n) is 20.7. The maximum atomic E-state index is 14.6. The summed E-state index contributed by atoms with van der Waals surface area (Å²) in [4.78, 5) is 50.4. The van der Waals surface area contributed by atoms with Crippen molar-refractivity contribution >= 4 is 29.2 Å². The summed E-state index contributed by atoms with van der Waals surface area (Å²) in [5, 5.41) is 0. The van der Waals surface area contributed by atoms with Gasteiger partial charge < -0.3 is 9.80 Å². The van der Waals surface area contributed by atoms with Gasteiger partial charge >= 0.3 is 6.03 Å². The minimum Gasteiger partial charge on any atom is -0.341 e. The van der Waals surface area contributed by atoms with Crippen molar-refractivity contribution < 1.29 is 14.4 Å². The van der Waals surface area contributed by atoms with E-state index in [0.717, 1.165) is 30.4 Å². The molecule has 55 heavy (non-hydrogen) atoms. The first-order chi connectivity index (χ1) is 26.1. The fourth-order valence-corrected chi connectivity index (χ4v) is 9.03. The third kappa shape index (κ3) is 6.72. The molecule has 7 heteroatoms. The van der Waals surface area contributed by atoms with Gasteiger partial charge in [0.15, 0.2) is 0 Å². The molecule has 2 unspecified atom stereocenters. The van der Waals surface area contributed by atoms with Crippen LogP contribution in [0.4, 0.5) is 16.2 Å². The van der Waals surface area contributed by atoms with Gasteiger partial charge in [-0.15, -0.1) is 0 Å². The molecular weight excluding hydrogens is 681 g/mol. The number of imide groups is 2. The van der Waals surface area contributed by atoms with Gasteiger partial charge in [-0.05, 0) is 112 Å². The van der Waals surface area contributed by atoms with Gasteiger partial charge in [-0.1, -0.05) is 103 Å². The zero-order valence-electron chi connectivity index (χ0n) is 35.1. The van der Waals surface area contributed by atoms with Gasteiger partial charge in [0.2, 0.25) is 0 Å². The minimum atomic E-state index is -0.523. The van der Waals surface area contributed by atoms with E-state index in [-0.39, 0.29) is 35.0 Å². The number of nitrogens with zero attached hydrogens (tertiary/aromatic N) is 4. The highest BCUT2D eigenvalue weighted by atomic mass is 16.2. The number of unbranched alkanes of at least 4 members (excludes halogenated alkanes) is 1. The number of carbonyl (C=O) groups excluding carboxylic acids is 3. The number of urea groups is 1. The number of amides is 4. The lowest BCUT2D eigenvalue weighted by atomic mass is 9.83. The van der Waals surface area contributed by atoms with Gasteiger partial charge in [-0.3, -0.25) is 19.4 Å². The molecule has 1 saturated heterocycles. The van der Waals surface area contributed by atoms with E-state index in [1.165, 1.54) is 43.7 Å². The molecule has 2 aromatic carbocycles. The zero-order valence-corrected chi connectivity index (χ0v) is 35.1. The van der Waals surface area contributed by atoms with Crippen molar-refractivity contribution in [3.05, 3.63) is 118 Å². The second-order valence-corrected chi connectivity index (χ2v) is 17.1. The molecule has 0 N–H and O–H groups in total. The second kappa shape index (κ2) is 15.5. The largest absolute Gasteiger partial charge is 0.341 e. The number of hydrogen-bond acceptors (Lipinski definition) is 5. The van der Waals surface area contributed by atoms with Crippen LogP contribution in [0, 0.1) is 0 Å². The first kappa shape index (κ1) is 40.0. The number of allylic oxidation sites excluding steroid dienone is 9. The molecular formula is C48H62N4O3. The van der Waals surface area contributed by atoms with Crippen molar-refractivity contribution in [2.24, 2.45) is 0 Å². The zero-order chi connectivity index (χ0) is 40.0. The highest BCUT2D eigenvalue weighted by molar-refractivity contribution is 6.30. The van der Waals surface area contributed by atoms with Crippen LogP contribution in [-0.2, 0) is 20.4 Å². The quantitative estimate of drug-likeness (QED) is 0.179. The maximum Gasteiger partial charge on any atom is 0.334 e. The predicted octanol–water partition coefficient (Wildman–Crippen LogP) is 10.9. The molecule has 0 aromatic heterocycles. The summed E-state index contributed by atoms with van der Waals surface area (Å²) < 4.78 is 0. The molecule has 292 valence electrons. The van der Waals surface area contributed by atoms with Gasteiger partial charge in [0, 0.05) is 58.3 Å². The molecule has 2 aromatic rings. The van der Waals surface area contributed by atoms with Crippen LogP contribution in [0.3, 0.4) is 0 Å². The standard InChI is InChI=1S/C48H62N4O3/c1-12-15-30-49-44(53)43(45(54)50(31(4)5)46(49)55)42-34(26-28-40-47(8,9)36-20-16-18-22-38(36)51(40)32(6)13-2)24-25-35(42)27-29-41-48(10,11)37-21-17-19-23-39(37)52(41)33(7)14-3/h16-23,26-29,31-33H,12-15,24-25,30H2,1-11H3/b34-26+,35-27+,40-28+,41-29+,43-42?. The summed E-state index contributed by atoms with van der Waals surface area (Å²) in [5.41, 5.74) is 9.61. The summed E-state index contributed by atoms with van der Waals surface area (Å²) in [6.45, 7) is 24.1. The summed E-state index contributed by atoms with van der Waals surface area (Å²) in [6.07, 6.45) is 13.6. The van der Waals surface area contributed by atoms with Gasteiger partial charge in [0.25, 0.3) is 11.8 Å². The smallest absolute Gasteiger partial charge is 0.334 e. The van der Waals surface area contributed by atoms with Crippen LogP contribution >= 0.6 is 0 Å². The lowest BCUT2D eigenvalue weighted by Crippen LogP contribution is -2.58. The highest BCUT2D eigenvalue weighted by Crippen LogP contribution is 2.51. The van der Waals surface area contributed by atoms with Crippen molar-refractivity contribution in [3.63, 3.8) is 0 Å². The molecule has 2 fully saturated rings. The molecule has 3 aliphatic heterocycles. The molecule has 4 amide bonds. The lowest BCUT2D eigenvalue weighted by molar-refractivity contribution is -0.137. The fourth-order valence-electron chi connectivity index (χ4n) is 9.03. The molecule has 3 heterocycles. The molecule has 6 rings (SSSR count). The van der Waals surface area contributed by atoms with Crippen molar-refractivity contribution in [3.8, 4) is 0 Å². The molecule has 1 saturated carbocycles. The average molecular weight is 743 g/mol. The number of anilines is 2. The number of benzene rings is 2. The van der Waals surface area contributed by atoms with Crippen LogP contribution in [0.2, 0.25) is 0 Å². The van der Waals surface area contributed by atoms with Crippen LogP contribution in [0.25, 0.3) is 0 Å². The van der Waals surface area contributed by atoms with Crippen molar-refractivity contribution in [1.82, 2.24) is 9.80 Å².